The molecule has 0 aromatic heterocycles. The fourth-order valence-corrected chi connectivity index (χ4v) is 2.35. The summed E-state index contributed by atoms with van der Waals surface area (Å²) in [6, 6.07) is 12.7. The van der Waals surface area contributed by atoms with E-state index >= 15 is 0 Å². The van der Waals surface area contributed by atoms with Crippen molar-refractivity contribution in [3.05, 3.63) is 66.7 Å². The highest BCUT2D eigenvalue weighted by atomic mass is 127. The molecule has 2 aromatic carbocycles. The normalized spacial score (nSPS) is 10.3. The number of carbonyl (C=O) groups excluding carboxylic acids is 1. The monoisotopic (exact) mass is 420 g/mol. The number of rotatable bonds is 2. The van der Waals surface area contributed by atoms with Gasteiger partial charge in [0.1, 0.15) is 0 Å². The minimum atomic E-state index is -0.0623. The molecule has 0 aliphatic rings. The highest BCUT2D eigenvalue weighted by Gasteiger charge is 2.12. The van der Waals surface area contributed by atoms with Gasteiger partial charge < -0.3 is 0 Å². The topological polar surface area (TPSA) is 17.1 Å². The Morgan fingerprint density at radius 2 is 1.76 bits per heavy atom. The molecule has 0 heterocycles. The highest BCUT2D eigenvalue weighted by molar-refractivity contribution is 14.1. The average Bonchev–Trinajstić information content (AvgIpc) is 2.32. The van der Waals surface area contributed by atoms with E-state index in [0.717, 1.165) is 8.04 Å². The average molecular weight is 421 g/mol. The molecule has 0 saturated carbocycles. The first-order chi connectivity index (χ1) is 8.08. The van der Waals surface area contributed by atoms with Crippen LogP contribution in [0.2, 0.25) is 5.02 Å². The lowest BCUT2D eigenvalue weighted by Gasteiger charge is -2.04. The van der Waals surface area contributed by atoms with Gasteiger partial charge in [0.2, 0.25) is 0 Å². The van der Waals surface area contributed by atoms with Crippen molar-refractivity contribution in [2.24, 2.45) is 0 Å². The van der Waals surface area contributed by atoms with Crippen LogP contribution >= 0.6 is 50.1 Å². The van der Waals surface area contributed by atoms with Gasteiger partial charge in [-0.15, -0.1) is 0 Å². The summed E-state index contributed by atoms with van der Waals surface area (Å²) in [5.41, 5.74) is 1.16. The van der Waals surface area contributed by atoms with Crippen LogP contribution in [0.5, 0.6) is 0 Å². The highest BCUT2D eigenvalue weighted by Crippen LogP contribution is 2.23. The Hall–Kier alpha value is -0.390. The summed E-state index contributed by atoms with van der Waals surface area (Å²) in [7, 11) is 0. The largest absolute Gasteiger partial charge is 0.289 e. The maximum absolute atomic E-state index is 12.2. The summed E-state index contributed by atoms with van der Waals surface area (Å²) in [5.74, 6) is -0.0623. The van der Waals surface area contributed by atoms with E-state index in [2.05, 4.69) is 38.5 Å². The molecule has 0 unspecified atom stereocenters. The summed E-state index contributed by atoms with van der Waals surface area (Å²) in [6.07, 6.45) is 0. The van der Waals surface area contributed by atoms with Gasteiger partial charge in [-0.3, -0.25) is 4.79 Å². The molecule has 0 fully saturated rings. The lowest BCUT2D eigenvalue weighted by atomic mass is 10.0. The van der Waals surface area contributed by atoms with E-state index in [1.165, 1.54) is 0 Å². The van der Waals surface area contributed by atoms with Crippen molar-refractivity contribution in [3.8, 4) is 0 Å². The molecule has 0 bridgehead atoms. The lowest BCUT2D eigenvalue weighted by Crippen LogP contribution is -2.02. The van der Waals surface area contributed by atoms with E-state index in [4.69, 9.17) is 11.6 Å². The standard InChI is InChI=1S/C13H7BrClIO/c14-9-3-6-12(15)11(7-9)13(17)8-1-4-10(16)5-2-8/h1-7H. The molecule has 0 spiro atoms. The van der Waals surface area contributed by atoms with Crippen molar-refractivity contribution in [1.29, 1.82) is 0 Å². The molecule has 0 amide bonds. The minimum absolute atomic E-state index is 0.0623. The van der Waals surface area contributed by atoms with E-state index in [-0.39, 0.29) is 5.78 Å². The van der Waals surface area contributed by atoms with Gasteiger partial charge in [-0.05, 0) is 65.1 Å². The predicted molar refractivity (Wildman–Crippen MR) is 81.7 cm³/mol. The smallest absolute Gasteiger partial charge is 0.194 e. The van der Waals surface area contributed by atoms with Gasteiger partial charge in [0, 0.05) is 19.2 Å². The molecule has 2 aromatic rings. The number of halogens is 3. The van der Waals surface area contributed by atoms with Crippen molar-refractivity contribution in [1.82, 2.24) is 0 Å². The SMILES string of the molecule is O=C(c1ccc(I)cc1)c1cc(Br)ccc1Cl. The fraction of sp³-hybridized carbons (Fsp3) is 0. The Labute approximate surface area is 126 Å². The molecule has 0 aliphatic carbocycles. The van der Waals surface area contributed by atoms with Gasteiger partial charge in [0.15, 0.2) is 5.78 Å². The van der Waals surface area contributed by atoms with E-state index < -0.39 is 0 Å². The van der Waals surface area contributed by atoms with Crippen LogP contribution in [0.4, 0.5) is 0 Å². The Balaban J connectivity index is 2.43. The third-order valence-electron chi connectivity index (χ3n) is 2.28. The summed E-state index contributed by atoms with van der Waals surface area (Å²) in [5, 5.41) is 0.469. The molecule has 4 heteroatoms. The van der Waals surface area contributed by atoms with E-state index in [9.17, 15) is 4.79 Å². The van der Waals surface area contributed by atoms with Gasteiger partial charge in [-0.1, -0.05) is 27.5 Å². The van der Waals surface area contributed by atoms with Crippen molar-refractivity contribution in [2.45, 2.75) is 0 Å². The van der Waals surface area contributed by atoms with Crippen LogP contribution in [-0.4, -0.2) is 5.78 Å². The van der Waals surface area contributed by atoms with Crippen LogP contribution in [0.1, 0.15) is 15.9 Å². The minimum Gasteiger partial charge on any atom is -0.289 e. The predicted octanol–water partition coefficient (Wildman–Crippen LogP) is 4.94. The van der Waals surface area contributed by atoms with Crippen molar-refractivity contribution >= 4 is 55.9 Å². The first-order valence-electron chi connectivity index (χ1n) is 4.83. The van der Waals surface area contributed by atoms with Crippen LogP contribution in [0, 0.1) is 3.57 Å². The number of ketones is 1. The summed E-state index contributed by atoms with van der Waals surface area (Å²) in [6.45, 7) is 0. The molecule has 0 saturated heterocycles. The Morgan fingerprint density at radius 3 is 2.41 bits per heavy atom. The van der Waals surface area contributed by atoms with Crippen molar-refractivity contribution < 1.29 is 4.79 Å². The molecule has 86 valence electrons. The zero-order valence-corrected chi connectivity index (χ0v) is 13.1. The molecule has 17 heavy (non-hydrogen) atoms. The number of carbonyl (C=O) groups is 1. The zero-order chi connectivity index (χ0) is 12.4. The van der Waals surface area contributed by atoms with E-state index in [0.29, 0.717) is 16.1 Å². The Kier molecular flexibility index (Phi) is 4.22. The molecule has 1 nitrogen and oxygen atoms in total. The molecule has 0 N–H and O–H groups in total. The summed E-state index contributed by atoms with van der Waals surface area (Å²) in [4.78, 5) is 12.2. The van der Waals surface area contributed by atoms with E-state index in [1.54, 1.807) is 24.3 Å². The van der Waals surface area contributed by atoms with Crippen molar-refractivity contribution in [3.63, 3.8) is 0 Å². The third kappa shape index (κ3) is 3.09. The van der Waals surface area contributed by atoms with Gasteiger partial charge in [0.05, 0.1) is 5.02 Å². The van der Waals surface area contributed by atoms with Gasteiger partial charge in [-0.2, -0.15) is 0 Å². The molecular formula is C13H7BrClIO. The third-order valence-corrected chi connectivity index (χ3v) is 3.82. The first kappa shape index (κ1) is 13.1. The maximum atomic E-state index is 12.2. The Morgan fingerprint density at radius 1 is 1.12 bits per heavy atom. The van der Waals surface area contributed by atoms with Gasteiger partial charge in [-0.25, -0.2) is 0 Å². The molecule has 2 rings (SSSR count). The zero-order valence-electron chi connectivity index (χ0n) is 8.58. The van der Waals surface area contributed by atoms with Crippen LogP contribution in [0.15, 0.2) is 46.9 Å². The number of benzene rings is 2. The summed E-state index contributed by atoms with van der Waals surface area (Å²) < 4.78 is 1.94. The number of hydrogen-bond acceptors (Lipinski definition) is 1. The Bertz CT molecular complexity index is 566. The van der Waals surface area contributed by atoms with E-state index in [1.807, 2.05) is 18.2 Å². The second-order valence-electron chi connectivity index (χ2n) is 3.46. The van der Waals surface area contributed by atoms with Crippen LogP contribution in [0.3, 0.4) is 0 Å². The second-order valence-corrected chi connectivity index (χ2v) is 6.03. The van der Waals surface area contributed by atoms with Crippen LogP contribution < -0.4 is 0 Å². The lowest BCUT2D eigenvalue weighted by molar-refractivity contribution is 0.103. The van der Waals surface area contributed by atoms with Crippen LogP contribution in [0.25, 0.3) is 0 Å². The molecule has 0 radical (unpaired) electrons. The van der Waals surface area contributed by atoms with Gasteiger partial charge in [0.25, 0.3) is 0 Å². The summed E-state index contributed by atoms with van der Waals surface area (Å²) >= 11 is 11.6. The van der Waals surface area contributed by atoms with Crippen LogP contribution in [-0.2, 0) is 0 Å². The quantitative estimate of drug-likeness (QED) is 0.496. The maximum Gasteiger partial charge on any atom is 0.194 e. The molecule has 0 aliphatic heterocycles. The van der Waals surface area contributed by atoms with Crippen molar-refractivity contribution in [2.75, 3.05) is 0 Å². The number of hydrogen-bond donors (Lipinski definition) is 0. The molecule has 0 atom stereocenters. The fourth-order valence-electron chi connectivity index (χ4n) is 1.43. The van der Waals surface area contributed by atoms with Gasteiger partial charge >= 0.3 is 0 Å². The molecular weight excluding hydrogens is 414 g/mol. The second kappa shape index (κ2) is 5.50. The first-order valence-corrected chi connectivity index (χ1v) is 7.08.